The number of ether oxygens (including phenoxy) is 2. The number of hydrogen-bond donors (Lipinski definition) is 2. The lowest BCUT2D eigenvalue weighted by Crippen LogP contribution is -2.70. The third kappa shape index (κ3) is 3.71. The van der Waals surface area contributed by atoms with Crippen LogP contribution < -0.4 is 10.6 Å². The van der Waals surface area contributed by atoms with Crippen LogP contribution in [0.25, 0.3) is 0 Å². The SMILES string of the molecule is CC(C)(C)OC(=O)NC1C2CCOC2C1NCC1CCSC1. The first-order chi connectivity index (χ1) is 10.4. The van der Waals surface area contributed by atoms with Crippen molar-refractivity contribution in [1.29, 1.82) is 0 Å². The standard InChI is InChI=1S/C16H28N2O3S/c1-16(2,3)21-15(19)18-12-11-4-6-20-14(11)13(12)17-8-10-5-7-22-9-10/h10-14,17H,4-9H2,1-3H3,(H,18,19). The number of fused-ring (bicyclic) bond motifs is 1. The number of hydrogen-bond acceptors (Lipinski definition) is 5. The van der Waals surface area contributed by atoms with Crippen LogP contribution in [-0.4, -0.2) is 54.5 Å². The fraction of sp³-hybridized carbons (Fsp3) is 0.938. The molecule has 5 nitrogen and oxygen atoms in total. The highest BCUT2D eigenvalue weighted by Crippen LogP contribution is 2.39. The summed E-state index contributed by atoms with van der Waals surface area (Å²) < 4.78 is 11.2. The number of amides is 1. The van der Waals surface area contributed by atoms with Gasteiger partial charge in [-0.1, -0.05) is 0 Å². The van der Waals surface area contributed by atoms with Gasteiger partial charge in [-0.05, 0) is 57.6 Å². The zero-order chi connectivity index (χ0) is 15.7. The largest absolute Gasteiger partial charge is 0.444 e. The van der Waals surface area contributed by atoms with E-state index < -0.39 is 5.60 Å². The lowest BCUT2D eigenvalue weighted by molar-refractivity contribution is -0.0345. The molecule has 1 aliphatic carbocycles. The zero-order valence-corrected chi connectivity index (χ0v) is 14.6. The fourth-order valence-corrected chi connectivity index (χ4v) is 4.92. The van der Waals surface area contributed by atoms with Gasteiger partial charge in [0.05, 0.1) is 18.2 Å². The van der Waals surface area contributed by atoms with Crippen LogP contribution in [0.4, 0.5) is 4.79 Å². The predicted octanol–water partition coefficient (Wildman–Crippen LogP) is 2.01. The molecule has 0 aromatic carbocycles. The molecule has 5 unspecified atom stereocenters. The summed E-state index contributed by atoms with van der Waals surface area (Å²) in [6.45, 7) is 7.50. The first kappa shape index (κ1) is 16.4. The van der Waals surface area contributed by atoms with E-state index in [1.54, 1.807) is 0 Å². The van der Waals surface area contributed by atoms with Crippen LogP contribution >= 0.6 is 11.8 Å². The van der Waals surface area contributed by atoms with E-state index >= 15 is 0 Å². The second-order valence-corrected chi connectivity index (χ2v) is 8.77. The number of carbonyl (C=O) groups excluding carboxylic acids is 1. The quantitative estimate of drug-likeness (QED) is 0.827. The van der Waals surface area contributed by atoms with E-state index in [0.29, 0.717) is 5.92 Å². The molecule has 22 heavy (non-hydrogen) atoms. The van der Waals surface area contributed by atoms with Crippen molar-refractivity contribution in [1.82, 2.24) is 10.6 Å². The molecular formula is C16H28N2O3S. The molecule has 1 saturated carbocycles. The molecule has 2 saturated heterocycles. The molecule has 2 heterocycles. The Morgan fingerprint density at radius 2 is 2.14 bits per heavy atom. The lowest BCUT2D eigenvalue weighted by Gasteiger charge is -2.48. The molecular weight excluding hydrogens is 300 g/mol. The number of nitrogens with one attached hydrogen (secondary N) is 2. The molecule has 2 N–H and O–H groups in total. The fourth-order valence-electron chi connectivity index (χ4n) is 3.64. The Hall–Kier alpha value is -0.460. The van der Waals surface area contributed by atoms with Gasteiger partial charge in [0.1, 0.15) is 5.60 Å². The smallest absolute Gasteiger partial charge is 0.407 e. The lowest BCUT2D eigenvalue weighted by atomic mass is 9.71. The minimum Gasteiger partial charge on any atom is -0.444 e. The van der Waals surface area contributed by atoms with Gasteiger partial charge in [-0.3, -0.25) is 0 Å². The molecule has 5 atom stereocenters. The molecule has 3 rings (SSSR count). The Bertz CT molecular complexity index is 407. The first-order valence-corrected chi connectivity index (χ1v) is 9.52. The molecule has 0 radical (unpaired) electrons. The molecule has 1 amide bonds. The number of thioether (sulfide) groups is 1. The Morgan fingerprint density at radius 1 is 1.32 bits per heavy atom. The van der Waals surface area contributed by atoms with Gasteiger partial charge >= 0.3 is 6.09 Å². The van der Waals surface area contributed by atoms with Crippen molar-refractivity contribution in [2.45, 2.75) is 57.4 Å². The third-order valence-electron chi connectivity index (χ3n) is 4.74. The van der Waals surface area contributed by atoms with Crippen molar-refractivity contribution >= 4 is 17.9 Å². The Balaban J connectivity index is 1.52. The normalized spacial score (nSPS) is 37.5. The minimum atomic E-state index is -0.455. The van der Waals surface area contributed by atoms with Gasteiger partial charge in [-0.2, -0.15) is 11.8 Å². The summed E-state index contributed by atoms with van der Waals surface area (Å²) in [7, 11) is 0. The second-order valence-electron chi connectivity index (χ2n) is 7.62. The van der Waals surface area contributed by atoms with Gasteiger partial charge in [-0.25, -0.2) is 4.79 Å². The van der Waals surface area contributed by atoms with Crippen molar-refractivity contribution in [3.05, 3.63) is 0 Å². The van der Waals surface area contributed by atoms with Crippen molar-refractivity contribution in [2.75, 3.05) is 24.7 Å². The van der Waals surface area contributed by atoms with E-state index in [9.17, 15) is 4.79 Å². The maximum Gasteiger partial charge on any atom is 0.407 e. The molecule has 0 spiro atoms. The third-order valence-corrected chi connectivity index (χ3v) is 5.97. The Labute approximate surface area is 137 Å². The highest BCUT2D eigenvalue weighted by atomic mass is 32.2. The van der Waals surface area contributed by atoms with Gasteiger partial charge in [0.15, 0.2) is 0 Å². The van der Waals surface area contributed by atoms with Gasteiger partial charge in [-0.15, -0.1) is 0 Å². The monoisotopic (exact) mass is 328 g/mol. The first-order valence-electron chi connectivity index (χ1n) is 8.36. The molecule has 2 aliphatic heterocycles. The van der Waals surface area contributed by atoms with E-state index in [-0.39, 0.29) is 24.3 Å². The van der Waals surface area contributed by atoms with Gasteiger partial charge in [0.2, 0.25) is 0 Å². The molecule has 6 heteroatoms. The highest BCUT2D eigenvalue weighted by Gasteiger charge is 2.54. The summed E-state index contributed by atoms with van der Waals surface area (Å²) in [6, 6.07) is 0.363. The van der Waals surface area contributed by atoms with E-state index in [2.05, 4.69) is 10.6 Å². The summed E-state index contributed by atoms with van der Waals surface area (Å²) in [5, 5.41) is 6.70. The highest BCUT2D eigenvalue weighted by molar-refractivity contribution is 7.99. The van der Waals surface area contributed by atoms with Crippen LogP contribution in [0.15, 0.2) is 0 Å². The van der Waals surface area contributed by atoms with Crippen LogP contribution in [0, 0.1) is 11.8 Å². The maximum absolute atomic E-state index is 12.1. The second kappa shape index (κ2) is 6.57. The summed E-state index contributed by atoms with van der Waals surface area (Å²) in [5.41, 5.74) is -0.455. The van der Waals surface area contributed by atoms with Crippen LogP contribution in [0.1, 0.15) is 33.6 Å². The van der Waals surface area contributed by atoms with Crippen LogP contribution in [0.2, 0.25) is 0 Å². The Morgan fingerprint density at radius 3 is 2.82 bits per heavy atom. The molecule has 3 fully saturated rings. The average molecular weight is 328 g/mol. The van der Waals surface area contributed by atoms with Crippen LogP contribution in [0.3, 0.4) is 0 Å². The molecule has 0 bridgehead atoms. The van der Waals surface area contributed by atoms with Gasteiger partial charge in [0.25, 0.3) is 0 Å². The van der Waals surface area contributed by atoms with Crippen LogP contribution in [-0.2, 0) is 9.47 Å². The predicted molar refractivity (Wildman–Crippen MR) is 88.2 cm³/mol. The van der Waals surface area contributed by atoms with Crippen molar-refractivity contribution < 1.29 is 14.3 Å². The van der Waals surface area contributed by atoms with Crippen molar-refractivity contribution in [2.24, 2.45) is 11.8 Å². The van der Waals surface area contributed by atoms with Gasteiger partial charge in [0, 0.05) is 12.5 Å². The number of rotatable bonds is 4. The van der Waals surface area contributed by atoms with Crippen molar-refractivity contribution in [3.63, 3.8) is 0 Å². The average Bonchev–Trinajstić information content (AvgIpc) is 3.04. The van der Waals surface area contributed by atoms with Gasteiger partial charge < -0.3 is 20.1 Å². The molecule has 3 aliphatic rings. The van der Waals surface area contributed by atoms with E-state index in [1.165, 1.54) is 17.9 Å². The van der Waals surface area contributed by atoms with Crippen molar-refractivity contribution in [3.8, 4) is 0 Å². The summed E-state index contributed by atoms with van der Waals surface area (Å²) in [4.78, 5) is 12.1. The van der Waals surface area contributed by atoms with E-state index in [4.69, 9.17) is 9.47 Å². The summed E-state index contributed by atoms with van der Waals surface area (Å²) >= 11 is 2.04. The molecule has 0 aromatic heterocycles. The van der Waals surface area contributed by atoms with E-state index in [0.717, 1.165) is 25.5 Å². The number of alkyl carbamates (subject to hydrolysis) is 1. The number of carbonyl (C=O) groups is 1. The summed E-state index contributed by atoms with van der Waals surface area (Å²) in [5.74, 6) is 3.72. The molecule has 0 aromatic rings. The maximum atomic E-state index is 12.1. The Kier molecular flexibility index (Phi) is 4.90. The molecule has 126 valence electrons. The van der Waals surface area contributed by atoms with E-state index in [1.807, 2.05) is 32.5 Å². The minimum absolute atomic E-state index is 0.136. The summed E-state index contributed by atoms with van der Waals surface area (Å²) in [6.07, 6.45) is 2.27. The zero-order valence-electron chi connectivity index (χ0n) is 13.8. The van der Waals surface area contributed by atoms with Crippen LogP contribution in [0.5, 0.6) is 0 Å². The topological polar surface area (TPSA) is 59.6 Å².